The first-order valence-electron chi connectivity index (χ1n) is 8.00. The van der Waals surface area contributed by atoms with Gasteiger partial charge in [0.1, 0.15) is 5.82 Å². The molecule has 0 unspecified atom stereocenters. The molecule has 2 atom stereocenters. The summed E-state index contributed by atoms with van der Waals surface area (Å²) < 4.78 is 53.0. The van der Waals surface area contributed by atoms with E-state index in [-0.39, 0.29) is 24.6 Å². The minimum atomic E-state index is -4.75. The van der Waals surface area contributed by atoms with Crippen LogP contribution < -0.4 is 0 Å². The van der Waals surface area contributed by atoms with Gasteiger partial charge in [0.05, 0.1) is 17.4 Å². The number of hydrogen-bond acceptors (Lipinski definition) is 3. The number of H-pyrrole nitrogens is 1. The van der Waals surface area contributed by atoms with Gasteiger partial charge in [0, 0.05) is 31.2 Å². The predicted octanol–water partition coefficient (Wildman–Crippen LogP) is 2.91. The summed E-state index contributed by atoms with van der Waals surface area (Å²) in [5.41, 5.74) is 0.380. The van der Waals surface area contributed by atoms with Crippen LogP contribution in [0.5, 0.6) is 0 Å². The second kappa shape index (κ2) is 6.76. The molecular weight excluding hydrogens is 338 g/mol. The summed E-state index contributed by atoms with van der Waals surface area (Å²) in [4.78, 5) is 1.72. The van der Waals surface area contributed by atoms with Crippen molar-refractivity contribution in [2.75, 3.05) is 13.1 Å². The first-order valence-corrected chi connectivity index (χ1v) is 8.00. The number of likely N-dealkylation sites (tertiary alicyclic amines) is 1. The van der Waals surface area contributed by atoms with Gasteiger partial charge in [-0.05, 0) is 31.0 Å². The molecule has 0 aliphatic carbocycles. The molecule has 2 aromatic rings. The van der Waals surface area contributed by atoms with Crippen molar-refractivity contribution in [1.29, 1.82) is 0 Å². The molecule has 8 heteroatoms. The molecule has 2 N–H and O–H groups in total. The third-order valence-electron chi connectivity index (χ3n) is 4.49. The van der Waals surface area contributed by atoms with Crippen LogP contribution in [0, 0.1) is 18.7 Å². The monoisotopic (exact) mass is 357 g/mol. The highest BCUT2D eigenvalue weighted by Gasteiger charge is 2.38. The first kappa shape index (κ1) is 17.9. The van der Waals surface area contributed by atoms with E-state index in [2.05, 4.69) is 10.2 Å². The van der Waals surface area contributed by atoms with Gasteiger partial charge in [0.15, 0.2) is 0 Å². The molecule has 0 amide bonds. The van der Waals surface area contributed by atoms with Crippen molar-refractivity contribution in [2.24, 2.45) is 5.92 Å². The molecule has 136 valence electrons. The zero-order chi connectivity index (χ0) is 18.2. The fraction of sp³-hybridized carbons (Fsp3) is 0.471. The van der Waals surface area contributed by atoms with Gasteiger partial charge in [-0.25, -0.2) is 4.39 Å². The number of aliphatic hydroxyl groups is 1. The number of aromatic amines is 1. The van der Waals surface area contributed by atoms with Crippen LogP contribution in [0.15, 0.2) is 24.3 Å². The number of halogens is 4. The lowest BCUT2D eigenvalue weighted by molar-refractivity contribution is -0.140. The van der Waals surface area contributed by atoms with Crippen LogP contribution in [0.4, 0.5) is 17.6 Å². The van der Waals surface area contributed by atoms with Crippen molar-refractivity contribution in [1.82, 2.24) is 15.1 Å². The van der Waals surface area contributed by atoms with Gasteiger partial charge in [0.2, 0.25) is 0 Å². The van der Waals surface area contributed by atoms with Crippen molar-refractivity contribution < 1.29 is 22.7 Å². The zero-order valence-corrected chi connectivity index (χ0v) is 13.6. The van der Waals surface area contributed by atoms with E-state index in [0.717, 1.165) is 17.5 Å². The van der Waals surface area contributed by atoms with E-state index < -0.39 is 23.7 Å². The Hall–Kier alpha value is -1.93. The number of nitrogens with one attached hydrogen (secondary N) is 1. The lowest BCUT2D eigenvalue weighted by Gasteiger charge is -2.19. The molecule has 1 aliphatic rings. The van der Waals surface area contributed by atoms with Crippen LogP contribution in [0.3, 0.4) is 0 Å². The van der Waals surface area contributed by atoms with E-state index in [0.29, 0.717) is 13.0 Å². The molecule has 1 aromatic heterocycles. The molecule has 25 heavy (non-hydrogen) atoms. The summed E-state index contributed by atoms with van der Waals surface area (Å²) in [5.74, 6) is -1.39. The quantitative estimate of drug-likeness (QED) is 0.828. The number of aliphatic hydroxyl groups excluding tert-OH is 1. The van der Waals surface area contributed by atoms with Gasteiger partial charge < -0.3 is 5.11 Å². The van der Waals surface area contributed by atoms with Gasteiger partial charge >= 0.3 is 6.18 Å². The molecule has 1 aromatic carbocycles. The van der Waals surface area contributed by atoms with Gasteiger partial charge in [-0.1, -0.05) is 12.1 Å². The summed E-state index contributed by atoms with van der Waals surface area (Å²) >= 11 is 0. The minimum absolute atomic E-state index is 0.0558. The molecule has 3 rings (SSSR count). The van der Waals surface area contributed by atoms with Crippen molar-refractivity contribution >= 4 is 0 Å². The molecule has 0 bridgehead atoms. The SMILES string of the molecule is Cc1cc(C[C@@H]2CN(Cc3cccc(F)c3C(F)(F)F)C[C@@H]2O)n[nH]1. The summed E-state index contributed by atoms with van der Waals surface area (Å²) in [7, 11) is 0. The van der Waals surface area contributed by atoms with Crippen LogP contribution >= 0.6 is 0 Å². The van der Waals surface area contributed by atoms with Gasteiger partial charge in [-0.15, -0.1) is 0 Å². The summed E-state index contributed by atoms with van der Waals surface area (Å²) in [5, 5.41) is 17.2. The second-order valence-electron chi connectivity index (χ2n) is 6.54. The van der Waals surface area contributed by atoms with Gasteiger partial charge in [-0.3, -0.25) is 10.00 Å². The molecular formula is C17H19F4N3O. The number of β-amino-alcohol motifs (C(OH)–C–C–N with tert-alkyl or cyclic N) is 1. The Bertz CT molecular complexity index is 744. The van der Waals surface area contributed by atoms with Crippen LogP contribution in [0.25, 0.3) is 0 Å². The lowest BCUT2D eigenvalue weighted by atomic mass is 10.00. The van der Waals surface area contributed by atoms with Crippen molar-refractivity contribution in [2.45, 2.75) is 32.2 Å². The molecule has 0 saturated carbocycles. The number of hydrogen-bond donors (Lipinski definition) is 2. The Morgan fingerprint density at radius 3 is 2.72 bits per heavy atom. The Balaban J connectivity index is 1.72. The Kier molecular flexibility index (Phi) is 4.83. The molecule has 4 nitrogen and oxygen atoms in total. The van der Waals surface area contributed by atoms with Gasteiger partial charge in [0.25, 0.3) is 0 Å². The van der Waals surface area contributed by atoms with Gasteiger partial charge in [-0.2, -0.15) is 18.3 Å². The van der Waals surface area contributed by atoms with Crippen molar-refractivity contribution in [3.8, 4) is 0 Å². The maximum Gasteiger partial charge on any atom is 0.419 e. The van der Waals surface area contributed by atoms with E-state index in [1.165, 1.54) is 12.1 Å². The van der Waals surface area contributed by atoms with E-state index in [1.54, 1.807) is 4.90 Å². The second-order valence-corrected chi connectivity index (χ2v) is 6.54. The molecule has 0 radical (unpaired) electrons. The fourth-order valence-corrected chi connectivity index (χ4v) is 3.38. The lowest BCUT2D eigenvalue weighted by Crippen LogP contribution is -2.24. The predicted molar refractivity (Wildman–Crippen MR) is 83.2 cm³/mol. The average molecular weight is 357 g/mol. The highest BCUT2D eigenvalue weighted by atomic mass is 19.4. The fourth-order valence-electron chi connectivity index (χ4n) is 3.38. The molecule has 1 aliphatic heterocycles. The van der Waals surface area contributed by atoms with E-state index in [4.69, 9.17) is 0 Å². The third-order valence-corrected chi connectivity index (χ3v) is 4.49. The largest absolute Gasteiger partial charge is 0.419 e. The smallest absolute Gasteiger partial charge is 0.391 e. The van der Waals surface area contributed by atoms with Crippen LogP contribution in [-0.2, 0) is 19.1 Å². The highest BCUT2D eigenvalue weighted by Crippen LogP contribution is 2.35. The summed E-state index contributed by atoms with van der Waals surface area (Å²) in [6, 6.07) is 5.25. The van der Waals surface area contributed by atoms with E-state index in [9.17, 15) is 22.7 Å². The van der Waals surface area contributed by atoms with Crippen molar-refractivity contribution in [3.63, 3.8) is 0 Å². The number of nitrogens with zero attached hydrogens (tertiary/aromatic N) is 2. The molecule has 1 fully saturated rings. The number of rotatable bonds is 4. The van der Waals surface area contributed by atoms with Crippen LogP contribution in [0.2, 0.25) is 0 Å². The number of alkyl halides is 3. The van der Waals surface area contributed by atoms with Crippen LogP contribution in [-0.4, -0.2) is 39.4 Å². The standard InChI is InChI=1S/C17H19F4N3O/c1-10-5-13(23-22-10)6-12-8-24(9-15(12)25)7-11-3-2-4-14(18)16(11)17(19,20)21/h2-5,12,15,25H,6-9H2,1H3,(H,22,23)/t12-,15+/m1/s1. The van der Waals surface area contributed by atoms with E-state index >= 15 is 0 Å². The average Bonchev–Trinajstić information content (AvgIpc) is 3.04. The Labute approximate surface area is 142 Å². The highest BCUT2D eigenvalue weighted by molar-refractivity contribution is 5.31. The number of aryl methyl sites for hydroxylation is 1. The minimum Gasteiger partial charge on any atom is -0.391 e. The normalized spacial score (nSPS) is 21.8. The maximum absolute atomic E-state index is 13.7. The number of benzene rings is 1. The topological polar surface area (TPSA) is 52.1 Å². The zero-order valence-electron chi connectivity index (χ0n) is 13.6. The first-order chi connectivity index (χ1) is 11.7. The van der Waals surface area contributed by atoms with Crippen LogP contribution in [0.1, 0.15) is 22.5 Å². The Morgan fingerprint density at radius 1 is 1.32 bits per heavy atom. The third kappa shape index (κ3) is 4.01. The molecule has 1 saturated heterocycles. The van der Waals surface area contributed by atoms with Crippen molar-refractivity contribution in [3.05, 3.63) is 52.6 Å². The summed E-state index contributed by atoms with van der Waals surface area (Å²) in [6.45, 7) is 2.50. The molecule has 2 heterocycles. The maximum atomic E-state index is 13.7. The Morgan fingerprint density at radius 2 is 2.08 bits per heavy atom. The summed E-state index contributed by atoms with van der Waals surface area (Å²) in [6.07, 6.45) is -4.86. The van der Waals surface area contributed by atoms with E-state index in [1.807, 2.05) is 13.0 Å². The molecule has 0 spiro atoms. The number of aromatic nitrogens is 2.